The first kappa shape index (κ1) is 29.7. The van der Waals surface area contributed by atoms with Crippen molar-refractivity contribution in [2.24, 2.45) is 5.73 Å². The molecule has 0 fully saturated rings. The fourth-order valence-electron chi connectivity index (χ4n) is 4.08. The van der Waals surface area contributed by atoms with Crippen molar-refractivity contribution in [2.45, 2.75) is 65.0 Å². The molecule has 1 atom stereocenters. The molecule has 0 aliphatic rings. The Morgan fingerprint density at radius 2 is 1.67 bits per heavy atom. The number of hydrogen-bond acceptors (Lipinski definition) is 5. The number of anilines is 1. The molecule has 0 aliphatic carbocycles. The Kier molecular flexibility index (Phi) is 10.9. The molecule has 0 heterocycles. The lowest BCUT2D eigenvalue weighted by Gasteiger charge is -2.19. The zero-order valence-electron chi connectivity index (χ0n) is 23.5. The highest BCUT2D eigenvalue weighted by molar-refractivity contribution is 5.94. The molecule has 7 heteroatoms. The molecule has 0 spiro atoms. The molecule has 3 aromatic rings. The first-order valence-electron chi connectivity index (χ1n) is 13.6. The van der Waals surface area contributed by atoms with Crippen molar-refractivity contribution in [1.82, 2.24) is 5.32 Å². The van der Waals surface area contributed by atoms with Gasteiger partial charge in [-0.25, -0.2) is 4.79 Å². The van der Waals surface area contributed by atoms with Crippen LogP contribution in [0.2, 0.25) is 0 Å². The lowest BCUT2D eigenvalue weighted by Crippen LogP contribution is -2.37. The van der Waals surface area contributed by atoms with Crippen LogP contribution in [-0.4, -0.2) is 36.8 Å². The molecular formula is C32H41N3O4. The number of amides is 2. The Hall–Kier alpha value is -3.84. The number of carbonyl (C=O) groups is 2. The number of ether oxygens (including phenoxy) is 2. The topological polar surface area (TPSA) is 103 Å². The van der Waals surface area contributed by atoms with Crippen molar-refractivity contribution in [2.75, 3.05) is 18.5 Å². The van der Waals surface area contributed by atoms with E-state index in [9.17, 15) is 9.59 Å². The van der Waals surface area contributed by atoms with E-state index in [0.717, 1.165) is 47.4 Å². The van der Waals surface area contributed by atoms with E-state index in [-0.39, 0.29) is 5.91 Å². The highest BCUT2D eigenvalue weighted by atomic mass is 16.6. The quantitative estimate of drug-likeness (QED) is 0.245. The van der Waals surface area contributed by atoms with Crippen molar-refractivity contribution in [3.63, 3.8) is 0 Å². The summed E-state index contributed by atoms with van der Waals surface area (Å²) in [5.41, 5.74) is 10.9. The first-order chi connectivity index (χ1) is 18.6. The fourth-order valence-corrected chi connectivity index (χ4v) is 4.08. The van der Waals surface area contributed by atoms with Gasteiger partial charge < -0.3 is 25.8 Å². The maximum Gasteiger partial charge on any atom is 0.407 e. The highest BCUT2D eigenvalue weighted by Gasteiger charge is 2.16. The van der Waals surface area contributed by atoms with Gasteiger partial charge in [0.15, 0.2) is 0 Å². The van der Waals surface area contributed by atoms with Crippen LogP contribution in [0.1, 0.15) is 51.7 Å². The molecule has 3 aromatic carbocycles. The minimum absolute atomic E-state index is 0.201. The summed E-state index contributed by atoms with van der Waals surface area (Å²) >= 11 is 0. The number of unbranched alkanes of at least 4 members (excludes halogenated alkanes) is 1. The number of para-hydroxylation sites is 1. The average molecular weight is 532 g/mol. The number of nitrogens with one attached hydrogen (secondary N) is 2. The van der Waals surface area contributed by atoms with E-state index in [1.165, 1.54) is 5.56 Å². The smallest absolute Gasteiger partial charge is 0.407 e. The first-order valence-corrected chi connectivity index (χ1v) is 13.6. The van der Waals surface area contributed by atoms with Crippen LogP contribution in [0.3, 0.4) is 0 Å². The van der Waals surface area contributed by atoms with Crippen molar-refractivity contribution >= 4 is 17.7 Å². The van der Waals surface area contributed by atoms with E-state index in [0.29, 0.717) is 19.6 Å². The summed E-state index contributed by atoms with van der Waals surface area (Å²) in [4.78, 5) is 24.2. The van der Waals surface area contributed by atoms with Crippen LogP contribution in [0.5, 0.6) is 5.75 Å². The number of benzene rings is 3. The van der Waals surface area contributed by atoms with Gasteiger partial charge in [-0.15, -0.1) is 0 Å². The Labute approximate surface area is 232 Å². The molecule has 0 aliphatic heterocycles. The summed E-state index contributed by atoms with van der Waals surface area (Å²) in [6.07, 6.45) is 2.57. The second kappa shape index (κ2) is 14.4. The van der Waals surface area contributed by atoms with Gasteiger partial charge in [-0.3, -0.25) is 4.79 Å². The minimum atomic E-state index is -0.633. The minimum Gasteiger partial charge on any atom is -0.494 e. The molecular weight excluding hydrogens is 490 g/mol. The fraction of sp³-hybridized carbons (Fsp3) is 0.375. The molecule has 208 valence electrons. The van der Waals surface area contributed by atoms with Gasteiger partial charge >= 0.3 is 6.09 Å². The number of alkyl carbamates (subject to hydrolysis) is 1. The van der Waals surface area contributed by atoms with Crippen molar-refractivity contribution in [3.8, 4) is 16.9 Å². The summed E-state index contributed by atoms with van der Waals surface area (Å²) in [6.45, 7) is 8.79. The number of aryl methyl sites for hydroxylation is 1. The van der Waals surface area contributed by atoms with Gasteiger partial charge in [0.25, 0.3) is 0 Å². The number of carbonyl (C=O) groups excluding carboxylic acids is 2. The van der Waals surface area contributed by atoms with Gasteiger partial charge in [0.2, 0.25) is 5.91 Å². The molecule has 0 saturated carbocycles. The number of hydrogen-bond donors (Lipinski definition) is 3. The van der Waals surface area contributed by atoms with E-state index < -0.39 is 17.7 Å². The average Bonchev–Trinajstić information content (AvgIpc) is 2.90. The molecule has 4 N–H and O–H groups in total. The van der Waals surface area contributed by atoms with Crippen molar-refractivity contribution in [1.29, 1.82) is 0 Å². The predicted octanol–water partition coefficient (Wildman–Crippen LogP) is 6.11. The van der Waals surface area contributed by atoms with E-state index in [1.807, 2.05) is 69.3 Å². The van der Waals surface area contributed by atoms with Gasteiger partial charge in [-0.05, 0) is 93.0 Å². The van der Waals surface area contributed by atoms with Crippen molar-refractivity contribution in [3.05, 3.63) is 83.9 Å². The summed E-state index contributed by atoms with van der Waals surface area (Å²) in [6, 6.07) is 23.1. The van der Waals surface area contributed by atoms with E-state index >= 15 is 0 Å². The van der Waals surface area contributed by atoms with E-state index in [4.69, 9.17) is 15.2 Å². The molecule has 0 unspecified atom stereocenters. The van der Waals surface area contributed by atoms with Crippen LogP contribution in [0.25, 0.3) is 11.1 Å². The van der Waals surface area contributed by atoms with Gasteiger partial charge in [0.05, 0.1) is 12.6 Å². The molecule has 0 saturated heterocycles. The normalized spacial score (nSPS) is 11.9. The van der Waals surface area contributed by atoms with Gasteiger partial charge in [0.1, 0.15) is 11.4 Å². The maximum absolute atomic E-state index is 12.5. The third-order valence-corrected chi connectivity index (χ3v) is 6.06. The van der Waals surface area contributed by atoms with Crippen LogP contribution in [0.15, 0.2) is 72.8 Å². The number of nitrogens with two attached hydrogens (primary N) is 1. The second-order valence-corrected chi connectivity index (χ2v) is 10.5. The van der Waals surface area contributed by atoms with Crippen LogP contribution in [0.4, 0.5) is 10.5 Å². The molecule has 0 bridgehead atoms. The molecule has 3 rings (SSSR count). The monoisotopic (exact) mass is 531 g/mol. The predicted molar refractivity (Wildman–Crippen MR) is 157 cm³/mol. The van der Waals surface area contributed by atoms with Crippen molar-refractivity contribution < 1.29 is 19.1 Å². The zero-order valence-corrected chi connectivity index (χ0v) is 23.5. The van der Waals surface area contributed by atoms with Crippen LogP contribution in [-0.2, 0) is 22.4 Å². The molecule has 2 amide bonds. The Morgan fingerprint density at radius 1 is 0.949 bits per heavy atom. The van der Waals surface area contributed by atoms with E-state index in [2.05, 4.69) is 41.8 Å². The maximum atomic E-state index is 12.5. The van der Waals surface area contributed by atoms with Crippen LogP contribution in [0, 0.1) is 0 Å². The van der Waals surface area contributed by atoms with Gasteiger partial charge in [-0.1, -0.05) is 55.5 Å². The van der Waals surface area contributed by atoms with E-state index in [1.54, 1.807) is 0 Å². The zero-order chi connectivity index (χ0) is 28.3. The molecule has 0 radical (unpaired) electrons. The molecule has 39 heavy (non-hydrogen) atoms. The second-order valence-electron chi connectivity index (χ2n) is 10.5. The van der Waals surface area contributed by atoms with Crippen LogP contribution >= 0.6 is 0 Å². The number of rotatable bonds is 12. The standard InChI is InChI=1S/C32H41N3O4/c1-5-24-22-27(38-20-10-9-19-34-31(37)39-32(2,3)4)17-18-28(24)25-15-13-23(14-16-25)21-29(33)30(36)35-26-11-7-6-8-12-26/h6-8,11-18,22,29H,5,9-10,19-21,33H2,1-4H3,(H,34,37)(H,35,36)/t29-/m0/s1. The largest absolute Gasteiger partial charge is 0.494 e. The van der Waals surface area contributed by atoms with Gasteiger partial charge in [0, 0.05) is 12.2 Å². The third kappa shape index (κ3) is 10.1. The summed E-state index contributed by atoms with van der Waals surface area (Å²) < 4.78 is 11.2. The lowest BCUT2D eigenvalue weighted by molar-refractivity contribution is -0.117. The van der Waals surface area contributed by atoms with Gasteiger partial charge in [-0.2, -0.15) is 0 Å². The Morgan fingerprint density at radius 3 is 2.33 bits per heavy atom. The Bertz CT molecular complexity index is 1200. The molecule has 7 nitrogen and oxygen atoms in total. The molecule has 0 aromatic heterocycles. The summed E-state index contributed by atoms with van der Waals surface area (Å²) in [5, 5.41) is 5.63. The summed E-state index contributed by atoms with van der Waals surface area (Å²) in [5.74, 6) is 0.635. The third-order valence-electron chi connectivity index (χ3n) is 6.06. The SMILES string of the molecule is CCc1cc(OCCCCNC(=O)OC(C)(C)C)ccc1-c1ccc(C[C@H](N)C(=O)Nc2ccccc2)cc1. The van der Waals surface area contributed by atoms with Crippen LogP contribution < -0.4 is 21.1 Å². The highest BCUT2D eigenvalue weighted by Crippen LogP contribution is 2.28. The summed E-state index contributed by atoms with van der Waals surface area (Å²) in [7, 11) is 0. The Balaban J connectivity index is 1.48. The lowest BCUT2D eigenvalue weighted by atomic mass is 9.96.